The lowest BCUT2D eigenvalue weighted by Gasteiger charge is -2.27. The number of aromatic nitrogens is 1. The summed E-state index contributed by atoms with van der Waals surface area (Å²) in [6.07, 6.45) is 0.754. The van der Waals surface area contributed by atoms with Gasteiger partial charge in [-0.1, -0.05) is 25.1 Å². The molecule has 0 saturated carbocycles. The Morgan fingerprint density at radius 2 is 1.96 bits per heavy atom. The average Bonchev–Trinajstić information content (AvgIpc) is 2.66. The van der Waals surface area contributed by atoms with Crippen molar-refractivity contribution >= 4 is 22.7 Å². The van der Waals surface area contributed by atoms with Crippen LogP contribution in [0.4, 0.5) is 0 Å². The van der Waals surface area contributed by atoms with Gasteiger partial charge in [0.1, 0.15) is 0 Å². The summed E-state index contributed by atoms with van der Waals surface area (Å²) in [7, 11) is 0. The van der Waals surface area contributed by atoms with E-state index in [2.05, 4.69) is 10.3 Å². The number of aryl methyl sites for hydroxylation is 1. The minimum absolute atomic E-state index is 0.00359. The summed E-state index contributed by atoms with van der Waals surface area (Å²) in [6, 6.07) is 7.61. The lowest BCUT2D eigenvalue weighted by atomic mass is 9.99. The average molecular weight is 341 g/mol. The first-order valence-electron chi connectivity index (χ1n) is 8.63. The number of morpholine rings is 1. The van der Waals surface area contributed by atoms with Crippen molar-refractivity contribution in [3.8, 4) is 0 Å². The molecule has 6 nitrogen and oxygen atoms in total. The molecule has 0 unspecified atom stereocenters. The predicted molar refractivity (Wildman–Crippen MR) is 95.6 cm³/mol. The Bertz CT molecular complexity index is 798. The molecule has 2 amide bonds. The van der Waals surface area contributed by atoms with Gasteiger partial charge in [-0.2, -0.15) is 0 Å². The van der Waals surface area contributed by atoms with Crippen molar-refractivity contribution in [2.45, 2.75) is 20.3 Å². The topological polar surface area (TPSA) is 71.5 Å². The van der Waals surface area contributed by atoms with E-state index in [-0.39, 0.29) is 18.4 Å². The van der Waals surface area contributed by atoms with Gasteiger partial charge in [0.15, 0.2) is 0 Å². The molecule has 1 fully saturated rings. The van der Waals surface area contributed by atoms with Crippen molar-refractivity contribution in [1.29, 1.82) is 0 Å². The summed E-state index contributed by atoms with van der Waals surface area (Å²) in [4.78, 5) is 31.4. The molecule has 0 bridgehead atoms. The molecule has 0 aliphatic carbocycles. The molecule has 25 heavy (non-hydrogen) atoms. The fraction of sp³-hybridized carbons (Fsp3) is 0.421. The van der Waals surface area contributed by atoms with Gasteiger partial charge >= 0.3 is 0 Å². The molecule has 1 aromatic carbocycles. The molecule has 0 atom stereocenters. The molecule has 1 aliphatic rings. The van der Waals surface area contributed by atoms with Gasteiger partial charge in [-0.05, 0) is 25.0 Å². The van der Waals surface area contributed by atoms with Gasteiger partial charge in [-0.15, -0.1) is 0 Å². The Morgan fingerprint density at radius 1 is 1.24 bits per heavy atom. The van der Waals surface area contributed by atoms with Crippen LogP contribution < -0.4 is 5.32 Å². The molecule has 0 spiro atoms. The van der Waals surface area contributed by atoms with Crippen molar-refractivity contribution < 1.29 is 14.3 Å². The summed E-state index contributed by atoms with van der Waals surface area (Å²) in [5, 5.41) is 3.60. The van der Waals surface area contributed by atoms with Gasteiger partial charge in [0.25, 0.3) is 5.91 Å². The number of carbonyl (C=O) groups is 2. The molecule has 132 valence electrons. The summed E-state index contributed by atoms with van der Waals surface area (Å²) in [5.74, 6) is -0.309. The number of amides is 2. The Labute approximate surface area is 147 Å². The molecule has 2 heterocycles. The molecule has 1 N–H and O–H groups in total. The number of hydrogen-bond acceptors (Lipinski definition) is 4. The lowest BCUT2D eigenvalue weighted by Crippen LogP contribution is -2.45. The van der Waals surface area contributed by atoms with Crippen LogP contribution in [0, 0.1) is 6.92 Å². The molecule has 2 aromatic rings. The minimum Gasteiger partial charge on any atom is -0.378 e. The van der Waals surface area contributed by atoms with Crippen molar-refractivity contribution in [3.05, 3.63) is 41.1 Å². The lowest BCUT2D eigenvalue weighted by molar-refractivity contribution is -0.134. The molecular formula is C19H23N3O3. The van der Waals surface area contributed by atoms with Gasteiger partial charge < -0.3 is 15.0 Å². The highest BCUT2D eigenvalue weighted by molar-refractivity contribution is 6.08. The monoisotopic (exact) mass is 341 g/mol. The Hall–Kier alpha value is -2.47. The maximum absolute atomic E-state index is 12.8. The first-order valence-corrected chi connectivity index (χ1v) is 8.63. The highest BCUT2D eigenvalue weighted by Gasteiger charge is 2.20. The number of hydrogen-bond donors (Lipinski definition) is 1. The third-order valence-corrected chi connectivity index (χ3v) is 4.56. The predicted octanol–water partition coefficient (Wildman–Crippen LogP) is 1.69. The zero-order valence-electron chi connectivity index (χ0n) is 14.7. The maximum Gasteiger partial charge on any atom is 0.252 e. The molecule has 1 aliphatic heterocycles. The van der Waals surface area contributed by atoms with Crippen LogP contribution >= 0.6 is 0 Å². The molecule has 6 heteroatoms. The van der Waals surface area contributed by atoms with Crippen LogP contribution in [-0.2, 0) is 16.0 Å². The minimum atomic E-state index is -0.229. The van der Waals surface area contributed by atoms with Gasteiger partial charge in [0.05, 0.1) is 30.8 Å². The highest BCUT2D eigenvalue weighted by atomic mass is 16.5. The fourth-order valence-electron chi connectivity index (χ4n) is 3.16. The van der Waals surface area contributed by atoms with Crippen LogP contribution in [0.25, 0.3) is 10.9 Å². The zero-order valence-corrected chi connectivity index (χ0v) is 14.7. The summed E-state index contributed by atoms with van der Waals surface area (Å²) >= 11 is 0. The van der Waals surface area contributed by atoms with Crippen molar-refractivity contribution in [1.82, 2.24) is 15.2 Å². The second-order valence-electron chi connectivity index (χ2n) is 6.11. The van der Waals surface area contributed by atoms with E-state index in [1.54, 1.807) is 4.90 Å². The van der Waals surface area contributed by atoms with Gasteiger partial charge in [0.2, 0.25) is 5.91 Å². The number of fused-ring (bicyclic) bond motifs is 1. The maximum atomic E-state index is 12.8. The van der Waals surface area contributed by atoms with E-state index in [4.69, 9.17) is 4.74 Å². The summed E-state index contributed by atoms with van der Waals surface area (Å²) < 4.78 is 5.25. The number of ether oxygens (including phenoxy) is 1. The van der Waals surface area contributed by atoms with Gasteiger partial charge in [0, 0.05) is 24.2 Å². The molecular weight excluding hydrogens is 318 g/mol. The van der Waals surface area contributed by atoms with Crippen LogP contribution in [-0.4, -0.2) is 54.5 Å². The number of benzene rings is 1. The molecule has 1 saturated heterocycles. The Morgan fingerprint density at radius 3 is 2.68 bits per heavy atom. The third kappa shape index (κ3) is 3.64. The smallest absolute Gasteiger partial charge is 0.252 e. The number of rotatable bonds is 4. The summed E-state index contributed by atoms with van der Waals surface area (Å²) in [5.41, 5.74) is 3.19. The van der Waals surface area contributed by atoms with E-state index in [0.29, 0.717) is 31.9 Å². The number of para-hydroxylation sites is 1. The number of nitrogens with zero attached hydrogens (tertiary/aromatic N) is 2. The first-order chi connectivity index (χ1) is 12.1. The van der Waals surface area contributed by atoms with Crippen molar-refractivity contribution in [3.63, 3.8) is 0 Å². The van der Waals surface area contributed by atoms with Crippen LogP contribution in [0.5, 0.6) is 0 Å². The SMILES string of the molecule is CCc1nc2ccccc2c(C(=O)NCC(=O)N2CCOCC2)c1C. The Kier molecular flexibility index (Phi) is 5.28. The number of pyridine rings is 1. The van der Waals surface area contributed by atoms with Gasteiger partial charge in [-0.25, -0.2) is 0 Å². The second-order valence-corrected chi connectivity index (χ2v) is 6.11. The molecule has 1 aromatic heterocycles. The third-order valence-electron chi connectivity index (χ3n) is 4.56. The van der Waals surface area contributed by atoms with Crippen LogP contribution in [0.3, 0.4) is 0 Å². The van der Waals surface area contributed by atoms with Crippen molar-refractivity contribution in [2.24, 2.45) is 0 Å². The largest absolute Gasteiger partial charge is 0.378 e. The van der Waals surface area contributed by atoms with E-state index in [9.17, 15) is 9.59 Å². The summed E-state index contributed by atoms with van der Waals surface area (Å²) in [6.45, 7) is 6.18. The standard InChI is InChI=1S/C19H23N3O3/c1-3-15-13(2)18(14-6-4-5-7-16(14)21-15)19(24)20-12-17(23)22-8-10-25-11-9-22/h4-7H,3,8-12H2,1-2H3,(H,20,24). The Balaban J connectivity index is 1.81. The molecule has 0 radical (unpaired) electrons. The number of carbonyl (C=O) groups excluding carboxylic acids is 2. The first kappa shape index (κ1) is 17.4. The second kappa shape index (κ2) is 7.61. The van der Waals surface area contributed by atoms with Crippen molar-refractivity contribution in [2.75, 3.05) is 32.8 Å². The van der Waals surface area contributed by atoms with Gasteiger partial charge in [-0.3, -0.25) is 14.6 Å². The van der Waals surface area contributed by atoms with Crippen LogP contribution in [0.2, 0.25) is 0 Å². The quantitative estimate of drug-likeness (QED) is 0.919. The van der Waals surface area contributed by atoms with Crippen LogP contribution in [0.15, 0.2) is 24.3 Å². The normalized spacial score (nSPS) is 14.6. The van der Waals surface area contributed by atoms with Crippen LogP contribution in [0.1, 0.15) is 28.5 Å². The highest BCUT2D eigenvalue weighted by Crippen LogP contribution is 2.23. The zero-order chi connectivity index (χ0) is 17.8. The van der Waals surface area contributed by atoms with E-state index in [1.165, 1.54) is 0 Å². The fourth-order valence-corrected chi connectivity index (χ4v) is 3.16. The van der Waals surface area contributed by atoms with E-state index >= 15 is 0 Å². The van der Waals surface area contributed by atoms with E-state index < -0.39 is 0 Å². The molecule has 3 rings (SSSR count). The number of nitrogens with one attached hydrogen (secondary N) is 1. The van der Waals surface area contributed by atoms with E-state index in [1.807, 2.05) is 38.1 Å². The van der Waals surface area contributed by atoms with E-state index in [0.717, 1.165) is 28.6 Å².